The number of hydrogen-bond donors (Lipinski definition) is 2. The minimum absolute atomic E-state index is 0.100. The summed E-state index contributed by atoms with van der Waals surface area (Å²) in [5, 5.41) is 0. The van der Waals surface area contributed by atoms with Crippen LogP contribution in [0.5, 0.6) is 0 Å². The highest BCUT2D eigenvalue weighted by Gasteiger charge is 2.59. The molecule has 0 aromatic rings. The lowest BCUT2D eigenvalue weighted by atomic mass is 9.45. The Labute approximate surface area is 80.1 Å². The van der Waals surface area contributed by atoms with Crippen molar-refractivity contribution in [3.63, 3.8) is 0 Å². The molecule has 2 nitrogen and oxygen atoms in total. The summed E-state index contributed by atoms with van der Waals surface area (Å²) in [5.74, 6) is 0.830. The molecule has 0 aromatic carbocycles. The fourth-order valence-electron chi connectivity index (χ4n) is 5.08. The van der Waals surface area contributed by atoms with Crippen molar-refractivity contribution >= 4 is 0 Å². The van der Waals surface area contributed by atoms with Gasteiger partial charge in [0.05, 0.1) is 0 Å². The third-order valence-electron chi connectivity index (χ3n) is 4.43. The molecule has 4 saturated carbocycles. The first-order valence-corrected chi connectivity index (χ1v) is 5.48. The first kappa shape index (κ1) is 8.25. The molecule has 2 heteroatoms. The van der Waals surface area contributed by atoms with Crippen LogP contribution in [0.1, 0.15) is 45.4 Å². The standard InChI is InChI=1S/C11H20N2/c1-9-2-8-3-10(12,5-9)7-11(13,4-8)6-9/h8H,2-7,12-13H2,1H3. The molecule has 74 valence electrons. The zero-order chi connectivity index (χ0) is 9.32. The summed E-state index contributed by atoms with van der Waals surface area (Å²) < 4.78 is 0. The van der Waals surface area contributed by atoms with Gasteiger partial charge in [0.25, 0.3) is 0 Å². The topological polar surface area (TPSA) is 52.0 Å². The smallest absolute Gasteiger partial charge is 0.0179 e. The second kappa shape index (κ2) is 1.96. The highest BCUT2D eigenvalue weighted by Crippen LogP contribution is 2.61. The predicted octanol–water partition coefficient (Wildman–Crippen LogP) is 1.39. The molecule has 4 fully saturated rings. The van der Waals surface area contributed by atoms with Crippen molar-refractivity contribution in [1.29, 1.82) is 0 Å². The van der Waals surface area contributed by atoms with Crippen molar-refractivity contribution < 1.29 is 0 Å². The minimum Gasteiger partial charge on any atom is -0.325 e. The van der Waals surface area contributed by atoms with Gasteiger partial charge in [-0.15, -0.1) is 0 Å². The molecule has 4 N–H and O–H groups in total. The van der Waals surface area contributed by atoms with E-state index in [1.54, 1.807) is 0 Å². The fourth-order valence-corrected chi connectivity index (χ4v) is 5.08. The number of rotatable bonds is 0. The Bertz CT molecular complexity index is 210. The summed E-state index contributed by atoms with van der Waals surface area (Å²) in [6.07, 6.45) is 7.37. The summed E-state index contributed by atoms with van der Waals surface area (Å²) in [7, 11) is 0. The van der Waals surface area contributed by atoms with Gasteiger partial charge in [-0.1, -0.05) is 6.92 Å². The van der Waals surface area contributed by atoms with Gasteiger partial charge < -0.3 is 11.5 Å². The molecule has 0 heterocycles. The van der Waals surface area contributed by atoms with E-state index < -0.39 is 0 Å². The van der Waals surface area contributed by atoms with Crippen molar-refractivity contribution in [2.75, 3.05) is 0 Å². The molecule has 13 heavy (non-hydrogen) atoms. The highest BCUT2D eigenvalue weighted by atomic mass is 14.9. The SMILES string of the molecule is CC12CC3CC(N)(C1)CC(N)(C3)C2. The zero-order valence-corrected chi connectivity index (χ0v) is 8.47. The molecule has 0 radical (unpaired) electrons. The maximum absolute atomic E-state index is 6.41. The van der Waals surface area contributed by atoms with E-state index in [4.69, 9.17) is 11.5 Å². The van der Waals surface area contributed by atoms with E-state index in [1.807, 2.05) is 0 Å². The Morgan fingerprint density at radius 2 is 1.46 bits per heavy atom. The van der Waals surface area contributed by atoms with Gasteiger partial charge in [0, 0.05) is 11.1 Å². The second-order valence-electron chi connectivity index (χ2n) is 6.54. The maximum atomic E-state index is 6.41. The van der Waals surface area contributed by atoms with Crippen LogP contribution in [0.15, 0.2) is 0 Å². The van der Waals surface area contributed by atoms with Crippen LogP contribution in [0, 0.1) is 11.3 Å². The average molecular weight is 180 g/mol. The van der Waals surface area contributed by atoms with Crippen LogP contribution in [0.4, 0.5) is 0 Å². The molecule has 4 bridgehead atoms. The summed E-state index contributed by atoms with van der Waals surface area (Å²) in [4.78, 5) is 0. The fraction of sp³-hybridized carbons (Fsp3) is 1.00. The van der Waals surface area contributed by atoms with Crippen LogP contribution in [0.25, 0.3) is 0 Å². The van der Waals surface area contributed by atoms with Crippen LogP contribution in [0.3, 0.4) is 0 Å². The Hall–Kier alpha value is -0.0800. The van der Waals surface area contributed by atoms with E-state index >= 15 is 0 Å². The van der Waals surface area contributed by atoms with Crippen molar-refractivity contribution in [2.45, 2.75) is 56.5 Å². The number of nitrogens with two attached hydrogens (primary N) is 2. The molecule has 0 saturated heterocycles. The van der Waals surface area contributed by atoms with E-state index in [2.05, 4.69) is 6.92 Å². The first-order chi connectivity index (χ1) is 5.91. The van der Waals surface area contributed by atoms with Crippen LogP contribution >= 0.6 is 0 Å². The normalized spacial score (nSPS) is 64.4. The molecule has 0 aliphatic heterocycles. The average Bonchev–Trinajstić information content (AvgIpc) is 1.71. The Morgan fingerprint density at radius 3 is 1.85 bits per heavy atom. The predicted molar refractivity (Wildman–Crippen MR) is 53.1 cm³/mol. The van der Waals surface area contributed by atoms with Crippen LogP contribution in [-0.4, -0.2) is 11.1 Å². The van der Waals surface area contributed by atoms with Gasteiger partial charge in [0.15, 0.2) is 0 Å². The van der Waals surface area contributed by atoms with Gasteiger partial charge in [-0.05, 0) is 49.9 Å². The third kappa shape index (κ3) is 1.08. The van der Waals surface area contributed by atoms with Gasteiger partial charge in [0.2, 0.25) is 0 Å². The molecule has 2 unspecified atom stereocenters. The molecule has 0 aromatic heterocycles. The molecular weight excluding hydrogens is 160 g/mol. The summed E-state index contributed by atoms with van der Waals surface area (Å²) in [6, 6.07) is 0. The Morgan fingerprint density at radius 1 is 0.923 bits per heavy atom. The lowest BCUT2D eigenvalue weighted by Crippen LogP contribution is -2.68. The lowest BCUT2D eigenvalue weighted by Gasteiger charge is -2.64. The molecule has 4 rings (SSSR count). The van der Waals surface area contributed by atoms with Crippen molar-refractivity contribution in [3.8, 4) is 0 Å². The lowest BCUT2D eigenvalue weighted by molar-refractivity contribution is -0.0704. The molecule has 4 aliphatic rings. The molecular formula is C11H20N2. The van der Waals surface area contributed by atoms with Crippen molar-refractivity contribution in [2.24, 2.45) is 22.8 Å². The number of hydrogen-bond acceptors (Lipinski definition) is 2. The summed E-state index contributed by atoms with van der Waals surface area (Å²) in [5.41, 5.74) is 13.5. The van der Waals surface area contributed by atoms with Gasteiger partial charge in [-0.3, -0.25) is 0 Å². The monoisotopic (exact) mass is 180 g/mol. The van der Waals surface area contributed by atoms with Gasteiger partial charge >= 0.3 is 0 Å². The van der Waals surface area contributed by atoms with Crippen LogP contribution in [0.2, 0.25) is 0 Å². The summed E-state index contributed by atoms with van der Waals surface area (Å²) in [6.45, 7) is 2.39. The maximum Gasteiger partial charge on any atom is 0.0179 e. The Kier molecular flexibility index (Phi) is 1.24. The first-order valence-electron chi connectivity index (χ1n) is 5.48. The minimum atomic E-state index is 0.100. The molecule has 4 aliphatic carbocycles. The molecule has 0 amide bonds. The second-order valence-corrected chi connectivity index (χ2v) is 6.54. The zero-order valence-electron chi connectivity index (χ0n) is 8.47. The largest absolute Gasteiger partial charge is 0.325 e. The van der Waals surface area contributed by atoms with Crippen molar-refractivity contribution in [1.82, 2.24) is 0 Å². The van der Waals surface area contributed by atoms with E-state index in [9.17, 15) is 0 Å². The third-order valence-corrected chi connectivity index (χ3v) is 4.43. The van der Waals surface area contributed by atoms with E-state index in [-0.39, 0.29) is 11.1 Å². The highest BCUT2D eigenvalue weighted by molar-refractivity contribution is 5.16. The van der Waals surface area contributed by atoms with Gasteiger partial charge in [-0.25, -0.2) is 0 Å². The van der Waals surface area contributed by atoms with Crippen LogP contribution < -0.4 is 11.5 Å². The van der Waals surface area contributed by atoms with Crippen LogP contribution in [-0.2, 0) is 0 Å². The van der Waals surface area contributed by atoms with Crippen molar-refractivity contribution in [3.05, 3.63) is 0 Å². The Balaban J connectivity index is 2.03. The molecule has 2 atom stereocenters. The van der Waals surface area contributed by atoms with E-state index in [1.165, 1.54) is 32.1 Å². The van der Waals surface area contributed by atoms with Gasteiger partial charge in [0.1, 0.15) is 0 Å². The van der Waals surface area contributed by atoms with E-state index in [0.29, 0.717) is 5.41 Å². The van der Waals surface area contributed by atoms with Gasteiger partial charge in [-0.2, -0.15) is 0 Å². The summed E-state index contributed by atoms with van der Waals surface area (Å²) >= 11 is 0. The van der Waals surface area contributed by atoms with E-state index in [0.717, 1.165) is 12.3 Å². The quantitative estimate of drug-likeness (QED) is 0.592. The molecule has 0 spiro atoms.